The number of benzene rings is 1. The van der Waals surface area contributed by atoms with E-state index in [2.05, 4.69) is 49.9 Å². The van der Waals surface area contributed by atoms with Crippen LogP contribution in [-0.4, -0.2) is 6.54 Å². The summed E-state index contributed by atoms with van der Waals surface area (Å²) in [5.74, 6) is 0. The Balaban J connectivity index is 2.29. The molecule has 0 aromatic heterocycles. The van der Waals surface area contributed by atoms with E-state index in [1.807, 2.05) is 0 Å². The molecule has 0 saturated heterocycles. The minimum atomic E-state index is 1.07. The van der Waals surface area contributed by atoms with Gasteiger partial charge in [-0.3, -0.25) is 0 Å². The molecule has 0 aliphatic carbocycles. The fraction of sp³-hybridized carbons (Fsp3) is 0.462. The van der Waals surface area contributed by atoms with Crippen molar-refractivity contribution in [1.29, 1.82) is 0 Å². The van der Waals surface area contributed by atoms with Crippen LogP contribution in [0.4, 0.5) is 5.69 Å². The summed E-state index contributed by atoms with van der Waals surface area (Å²) >= 11 is 0. The summed E-state index contributed by atoms with van der Waals surface area (Å²) in [6.07, 6.45) is 5.74. The third-order valence-corrected chi connectivity index (χ3v) is 2.36. The third-order valence-electron chi connectivity index (χ3n) is 2.36. The van der Waals surface area contributed by atoms with Crippen LogP contribution >= 0.6 is 0 Å². The SMILES string of the molecule is C[CH]CCCNc1ccc(CC)cc1. The predicted molar refractivity (Wildman–Crippen MR) is 63.5 cm³/mol. The van der Waals surface area contributed by atoms with Crippen LogP contribution in [0.25, 0.3) is 0 Å². The van der Waals surface area contributed by atoms with Crippen molar-refractivity contribution >= 4 is 5.69 Å². The normalized spacial score (nSPS) is 10.1. The Bertz CT molecular complexity index is 238. The van der Waals surface area contributed by atoms with Gasteiger partial charge < -0.3 is 5.32 Å². The summed E-state index contributed by atoms with van der Waals surface area (Å²) in [5, 5.41) is 3.41. The molecule has 1 N–H and O–H groups in total. The van der Waals surface area contributed by atoms with E-state index in [0.717, 1.165) is 13.0 Å². The molecule has 1 radical (unpaired) electrons. The number of nitrogens with one attached hydrogen (secondary N) is 1. The first kappa shape index (κ1) is 11.1. The van der Waals surface area contributed by atoms with Crippen LogP contribution in [0.15, 0.2) is 24.3 Å². The fourth-order valence-electron chi connectivity index (χ4n) is 1.40. The van der Waals surface area contributed by atoms with Crippen LogP contribution in [-0.2, 0) is 6.42 Å². The van der Waals surface area contributed by atoms with E-state index < -0.39 is 0 Å². The summed E-state index contributed by atoms with van der Waals surface area (Å²) in [5.41, 5.74) is 2.63. The van der Waals surface area contributed by atoms with Crippen molar-refractivity contribution in [3.63, 3.8) is 0 Å². The second-order valence-corrected chi connectivity index (χ2v) is 3.53. The molecule has 0 amide bonds. The lowest BCUT2D eigenvalue weighted by molar-refractivity contribution is 0.847. The summed E-state index contributed by atoms with van der Waals surface area (Å²) in [6.45, 7) is 5.35. The maximum absolute atomic E-state index is 3.41. The van der Waals surface area contributed by atoms with Crippen molar-refractivity contribution in [3.8, 4) is 0 Å². The predicted octanol–water partition coefficient (Wildman–Crippen LogP) is 3.67. The molecule has 0 bridgehead atoms. The van der Waals surface area contributed by atoms with Crippen molar-refractivity contribution in [3.05, 3.63) is 36.2 Å². The van der Waals surface area contributed by atoms with E-state index in [1.54, 1.807) is 0 Å². The van der Waals surface area contributed by atoms with Crippen LogP contribution in [0, 0.1) is 6.42 Å². The highest BCUT2D eigenvalue weighted by molar-refractivity contribution is 5.44. The molecule has 1 aromatic rings. The molecule has 0 unspecified atom stereocenters. The number of rotatable bonds is 6. The Morgan fingerprint density at radius 2 is 1.93 bits per heavy atom. The first-order chi connectivity index (χ1) is 6.86. The van der Waals surface area contributed by atoms with Gasteiger partial charge in [-0.25, -0.2) is 0 Å². The van der Waals surface area contributed by atoms with Crippen LogP contribution in [0.3, 0.4) is 0 Å². The summed E-state index contributed by atoms with van der Waals surface area (Å²) in [7, 11) is 0. The minimum Gasteiger partial charge on any atom is -0.385 e. The minimum absolute atomic E-state index is 1.07. The zero-order chi connectivity index (χ0) is 10.2. The quantitative estimate of drug-likeness (QED) is 0.675. The lowest BCUT2D eigenvalue weighted by Crippen LogP contribution is -2.00. The van der Waals surface area contributed by atoms with Crippen molar-refractivity contribution in [2.45, 2.75) is 33.1 Å². The molecule has 14 heavy (non-hydrogen) atoms. The van der Waals surface area contributed by atoms with Crippen molar-refractivity contribution in [2.24, 2.45) is 0 Å². The second kappa shape index (κ2) is 6.47. The van der Waals surface area contributed by atoms with Gasteiger partial charge >= 0.3 is 0 Å². The van der Waals surface area contributed by atoms with Gasteiger partial charge in [0.25, 0.3) is 0 Å². The van der Waals surface area contributed by atoms with Gasteiger partial charge in [-0.2, -0.15) is 0 Å². The Morgan fingerprint density at radius 1 is 1.21 bits per heavy atom. The summed E-state index contributed by atoms with van der Waals surface area (Å²) in [4.78, 5) is 0. The van der Waals surface area contributed by atoms with Gasteiger partial charge in [0, 0.05) is 12.2 Å². The molecule has 1 nitrogen and oxygen atoms in total. The van der Waals surface area contributed by atoms with E-state index in [0.29, 0.717) is 0 Å². The molecule has 0 aliphatic rings. The standard InChI is InChI=1S/C13H20N/c1-3-5-6-11-14-13-9-7-12(4-2)8-10-13/h3,7-10,14H,4-6,11H2,1-2H3. The van der Waals surface area contributed by atoms with Crippen molar-refractivity contribution in [2.75, 3.05) is 11.9 Å². The molecule has 77 valence electrons. The van der Waals surface area contributed by atoms with Crippen molar-refractivity contribution < 1.29 is 0 Å². The number of hydrogen-bond acceptors (Lipinski definition) is 1. The molecule has 0 spiro atoms. The van der Waals surface area contributed by atoms with Crippen LogP contribution in [0.1, 0.15) is 32.3 Å². The van der Waals surface area contributed by atoms with E-state index >= 15 is 0 Å². The topological polar surface area (TPSA) is 12.0 Å². The summed E-state index contributed by atoms with van der Waals surface area (Å²) < 4.78 is 0. The molecule has 0 aliphatic heterocycles. The number of anilines is 1. The lowest BCUT2D eigenvalue weighted by atomic mass is 10.1. The highest BCUT2D eigenvalue weighted by Crippen LogP contribution is 2.09. The molecule has 1 aromatic carbocycles. The largest absolute Gasteiger partial charge is 0.385 e. The smallest absolute Gasteiger partial charge is 0.0340 e. The maximum Gasteiger partial charge on any atom is 0.0340 e. The molecule has 0 saturated carbocycles. The molecule has 0 heterocycles. The first-order valence-electron chi connectivity index (χ1n) is 5.47. The average Bonchev–Trinajstić information content (AvgIpc) is 2.25. The first-order valence-corrected chi connectivity index (χ1v) is 5.47. The second-order valence-electron chi connectivity index (χ2n) is 3.53. The zero-order valence-electron chi connectivity index (χ0n) is 9.22. The molecule has 1 heteroatoms. The van der Waals surface area contributed by atoms with Gasteiger partial charge in [0.05, 0.1) is 0 Å². The van der Waals surface area contributed by atoms with Gasteiger partial charge in [0.2, 0.25) is 0 Å². The molecular formula is C13H20N. The Hall–Kier alpha value is -0.980. The monoisotopic (exact) mass is 190 g/mol. The molecular weight excluding hydrogens is 170 g/mol. The molecule has 0 fully saturated rings. The van der Waals surface area contributed by atoms with Gasteiger partial charge in [-0.1, -0.05) is 26.0 Å². The van der Waals surface area contributed by atoms with E-state index in [9.17, 15) is 0 Å². The fourth-order valence-corrected chi connectivity index (χ4v) is 1.40. The maximum atomic E-state index is 3.41. The Kier molecular flexibility index (Phi) is 5.13. The van der Waals surface area contributed by atoms with Crippen molar-refractivity contribution in [1.82, 2.24) is 0 Å². The van der Waals surface area contributed by atoms with Gasteiger partial charge in [0.15, 0.2) is 0 Å². The zero-order valence-corrected chi connectivity index (χ0v) is 9.22. The van der Waals surface area contributed by atoms with E-state index in [-0.39, 0.29) is 0 Å². The van der Waals surface area contributed by atoms with Crippen LogP contribution < -0.4 is 5.32 Å². The highest BCUT2D eigenvalue weighted by atomic mass is 14.9. The third kappa shape index (κ3) is 3.82. The van der Waals surface area contributed by atoms with Gasteiger partial charge in [0.1, 0.15) is 0 Å². The number of hydrogen-bond donors (Lipinski definition) is 1. The average molecular weight is 190 g/mol. The molecule has 0 atom stereocenters. The lowest BCUT2D eigenvalue weighted by Gasteiger charge is -2.06. The van der Waals surface area contributed by atoms with Crippen LogP contribution in [0.2, 0.25) is 0 Å². The Morgan fingerprint density at radius 3 is 2.50 bits per heavy atom. The van der Waals surface area contributed by atoms with Gasteiger partial charge in [-0.05, 0) is 43.4 Å². The van der Waals surface area contributed by atoms with Crippen LogP contribution in [0.5, 0.6) is 0 Å². The van der Waals surface area contributed by atoms with E-state index in [4.69, 9.17) is 0 Å². The number of unbranched alkanes of at least 4 members (excludes halogenated alkanes) is 2. The van der Waals surface area contributed by atoms with E-state index in [1.165, 1.54) is 24.1 Å². The number of aryl methyl sites for hydroxylation is 1. The Labute approximate surface area is 87.5 Å². The summed E-state index contributed by atoms with van der Waals surface area (Å²) in [6, 6.07) is 8.70. The van der Waals surface area contributed by atoms with Gasteiger partial charge in [-0.15, -0.1) is 0 Å². The highest BCUT2D eigenvalue weighted by Gasteiger charge is 1.92. The molecule has 1 rings (SSSR count).